The van der Waals surface area contributed by atoms with Crippen molar-refractivity contribution in [3.8, 4) is 0 Å². The third kappa shape index (κ3) is 4.56. The number of carbonyl (C=O) groups is 1. The molecule has 0 saturated carbocycles. The van der Waals surface area contributed by atoms with Crippen LogP contribution < -0.4 is 11.1 Å². The molecule has 15 heavy (non-hydrogen) atoms. The Morgan fingerprint density at radius 2 is 2.40 bits per heavy atom. The Bertz CT molecular complexity index is 300. The van der Waals surface area contributed by atoms with Crippen molar-refractivity contribution >= 4 is 5.91 Å². The minimum Gasteiger partial charge on any atom is -0.354 e. The molecule has 1 amide bonds. The first-order chi connectivity index (χ1) is 7.22. The van der Waals surface area contributed by atoms with Crippen LogP contribution in [0.4, 0.5) is 0 Å². The number of amides is 1. The third-order valence-corrected chi connectivity index (χ3v) is 2.15. The first kappa shape index (κ1) is 11.7. The molecule has 0 radical (unpaired) electrons. The average molecular weight is 207 g/mol. The maximum Gasteiger partial charge on any atom is 0.226 e. The summed E-state index contributed by atoms with van der Waals surface area (Å²) >= 11 is 0. The van der Waals surface area contributed by atoms with E-state index >= 15 is 0 Å². The SMILES string of the molecule is CCC(N)CNC(=O)Cc1ccccn1. The van der Waals surface area contributed by atoms with Gasteiger partial charge in [0, 0.05) is 24.5 Å². The van der Waals surface area contributed by atoms with E-state index in [1.807, 2.05) is 25.1 Å². The van der Waals surface area contributed by atoms with Gasteiger partial charge in [-0.2, -0.15) is 0 Å². The minimum atomic E-state index is -0.0300. The molecule has 0 aliphatic carbocycles. The van der Waals surface area contributed by atoms with E-state index in [1.165, 1.54) is 0 Å². The minimum absolute atomic E-state index is 0.0300. The zero-order valence-electron chi connectivity index (χ0n) is 8.94. The molecule has 1 aromatic rings. The van der Waals surface area contributed by atoms with Gasteiger partial charge in [0.2, 0.25) is 5.91 Å². The van der Waals surface area contributed by atoms with Gasteiger partial charge in [0.15, 0.2) is 0 Å². The van der Waals surface area contributed by atoms with Gasteiger partial charge >= 0.3 is 0 Å². The summed E-state index contributed by atoms with van der Waals surface area (Å²) in [7, 11) is 0. The van der Waals surface area contributed by atoms with Gasteiger partial charge in [-0.25, -0.2) is 0 Å². The first-order valence-electron chi connectivity index (χ1n) is 5.14. The highest BCUT2D eigenvalue weighted by Crippen LogP contribution is 1.94. The molecule has 1 heterocycles. The predicted molar refractivity (Wildman–Crippen MR) is 59.2 cm³/mol. The van der Waals surface area contributed by atoms with E-state index in [9.17, 15) is 4.79 Å². The van der Waals surface area contributed by atoms with Crippen molar-refractivity contribution in [1.29, 1.82) is 0 Å². The lowest BCUT2D eigenvalue weighted by Crippen LogP contribution is -2.37. The fourth-order valence-electron chi connectivity index (χ4n) is 1.12. The van der Waals surface area contributed by atoms with Crippen LogP contribution in [0.1, 0.15) is 19.0 Å². The van der Waals surface area contributed by atoms with Crippen molar-refractivity contribution in [2.75, 3.05) is 6.54 Å². The second-order valence-electron chi connectivity index (χ2n) is 3.47. The molecular formula is C11H17N3O. The molecule has 1 unspecified atom stereocenters. The Hall–Kier alpha value is -1.42. The highest BCUT2D eigenvalue weighted by molar-refractivity contribution is 5.78. The number of aromatic nitrogens is 1. The Morgan fingerprint density at radius 3 is 3.00 bits per heavy atom. The quantitative estimate of drug-likeness (QED) is 0.737. The largest absolute Gasteiger partial charge is 0.354 e. The van der Waals surface area contributed by atoms with Crippen LogP contribution in [-0.4, -0.2) is 23.5 Å². The number of carbonyl (C=O) groups excluding carboxylic acids is 1. The first-order valence-corrected chi connectivity index (χ1v) is 5.14. The Kier molecular flexibility index (Phi) is 4.77. The van der Waals surface area contributed by atoms with Crippen LogP contribution in [0.5, 0.6) is 0 Å². The van der Waals surface area contributed by atoms with Crippen LogP contribution in [0.15, 0.2) is 24.4 Å². The highest BCUT2D eigenvalue weighted by atomic mass is 16.1. The van der Waals surface area contributed by atoms with Crippen molar-refractivity contribution in [3.05, 3.63) is 30.1 Å². The van der Waals surface area contributed by atoms with E-state index in [2.05, 4.69) is 10.3 Å². The van der Waals surface area contributed by atoms with Crippen LogP contribution in [0.2, 0.25) is 0 Å². The Balaban J connectivity index is 2.31. The van der Waals surface area contributed by atoms with Crippen molar-refractivity contribution in [2.45, 2.75) is 25.8 Å². The molecule has 0 bridgehead atoms. The number of hydrogen-bond donors (Lipinski definition) is 2. The monoisotopic (exact) mass is 207 g/mol. The van der Waals surface area contributed by atoms with Gasteiger partial charge in [0.25, 0.3) is 0 Å². The summed E-state index contributed by atoms with van der Waals surface area (Å²) in [6.45, 7) is 2.53. The summed E-state index contributed by atoms with van der Waals surface area (Å²) in [5.74, 6) is -0.0300. The summed E-state index contributed by atoms with van der Waals surface area (Å²) in [5, 5.41) is 2.78. The van der Waals surface area contributed by atoms with Gasteiger partial charge < -0.3 is 11.1 Å². The summed E-state index contributed by atoms with van der Waals surface area (Å²) in [4.78, 5) is 15.5. The predicted octanol–water partition coefficient (Wildman–Crippen LogP) is 0.478. The lowest BCUT2D eigenvalue weighted by atomic mass is 10.2. The lowest BCUT2D eigenvalue weighted by Gasteiger charge is -2.09. The molecule has 0 aromatic carbocycles. The summed E-state index contributed by atoms with van der Waals surface area (Å²) < 4.78 is 0. The molecule has 0 aliphatic rings. The van der Waals surface area contributed by atoms with Crippen molar-refractivity contribution in [2.24, 2.45) is 5.73 Å². The van der Waals surface area contributed by atoms with E-state index in [0.717, 1.165) is 12.1 Å². The summed E-state index contributed by atoms with van der Waals surface area (Å²) in [6.07, 6.45) is 2.86. The molecule has 0 saturated heterocycles. The van der Waals surface area contributed by atoms with E-state index < -0.39 is 0 Å². The van der Waals surface area contributed by atoms with E-state index in [1.54, 1.807) is 6.20 Å². The van der Waals surface area contributed by atoms with Crippen LogP contribution in [0.3, 0.4) is 0 Å². The summed E-state index contributed by atoms with van der Waals surface area (Å²) in [5.41, 5.74) is 6.46. The Morgan fingerprint density at radius 1 is 1.60 bits per heavy atom. The number of nitrogens with one attached hydrogen (secondary N) is 1. The maximum atomic E-state index is 11.4. The molecule has 4 heteroatoms. The molecule has 0 fully saturated rings. The van der Waals surface area contributed by atoms with Gasteiger partial charge in [-0.15, -0.1) is 0 Å². The van der Waals surface area contributed by atoms with Gasteiger partial charge in [-0.05, 0) is 18.6 Å². The van der Waals surface area contributed by atoms with E-state index in [4.69, 9.17) is 5.73 Å². The van der Waals surface area contributed by atoms with Crippen LogP contribution in [0, 0.1) is 0 Å². The van der Waals surface area contributed by atoms with Gasteiger partial charge in [0.1, 0.15) is 0 Å². The molecule has 1 atom stereocenters. The average Bonchev–Trinajstić information content (AvgIpc) is 2.27. The zero-order valence-corrected chi connectivity index (χ0v) is 8.94. The topological polar surface area (TPSA) is 68.0 Å². The molecule has 1 aromatic heterocycles. The standard InChI is InChI=1S/C11H17N3O/c1-2-9(12)8-14-11(15)7-10-5-3-4-6-13-10/h3-6,9H,2,7-8,12H2,1H3,(H,14,15). The second kappa shape index (κ2) is 6.14. The molecule has 4 nitrogen and oxygen atoms in total. The third-order valence-electron chi connectivity index (χ3n) is 2.15. The molecule has 3 N–H and O–H groups in total. The molecule has 82 valence electrons. The van der Waals surface area contributed by atoms with Crippen molar-refractivity contribution in [3.63, 3.8) is 0 Å². The zero-order chi connectivity index (χ0) is 11.1. The molecule has 0 spiro atoms. The normalized spacial score (nSPS) is 12.1. The van der Waals surface area contributed by atoms with Crippen molar-refractivity contribution < 1.29 is 4.79 Å². The fourth-order valence-corrected chi connectivity index (χ4v) is 1.12. The Labute approximate surface area is 89.9 Å². The number of nitrogens with zero attached hydrogens (tertiary/aromatic N) is 1. The van der Waals surface area contributed by atoms with Gasteiger partial charge in [0.05, 0.1) is 6.42 Å². The number of rotatable bonds is 5. The van der Waals surface area contributed by atoms with Gasteiger partial charge in [-0.1, -0.05) is 13.0 Å². The lowest BCUT2D eigenvalue weighted by molar-refractivity contribution is -0.120. The van der Waals surface area contributed by atoms with Crippen LogP contribution in [-0.2, 0) is 11.2 Å². The number of pyridine rings is 1. The number of hydrogen-bond acceptors (Lipinski definition) is 3. The highest BCUT2D eigenvalue weighted by Gasteiger charge is 2.05. The van der Waals surface area contributed by atoms with Crippen molar-refractivity contribution in [1.82, 2.24) is 10.3 Å². The van der Waals surface area contributed by atoms with Crippen LogP contribution in [0.25, 0.3) is 0 Å². The fraction of sp³-hybridized carbons (Fsp3) is 0.455. The molecule has 0 aliphatic heterocycles. The smallest absolute Gasteiger partial charge is 0.226 e. The molecule has 1 rings (SSSR count). The van der Waals surface area contributed by atoms with E-state index in [-0.39, 0.29) is 11.9 Å². The second-order valence-corrected chi connectivity index (χ2v) is 3.47. The number of nitrogens with two attached hydrogens (primary N) is 1. The van der Waals surface area contributed by atoms with Gasteiger partial charge in [-0.3, -0.25) is 9.78 Å². The summed E-state index contributed by atoms with van der Waals surface area (Å²) in [6, 6.07) is 5.57. The molecular weight excluding hydrogens is 190 g/mol. The van der Waals surface area contributed by atoms with Crippen LogP contribution >= 0.6 is 0 Å². The van der Waals surface area contributed by atoms with E-state index in [0.29, 0.717) is 13.0 Å². The maximum absolute atomic E-state index is 11.4.